The third-order valence-corrected chi connectivity index (χ3v) is 3.19. The van der Waals surface area contributed by atoms with Crippen LogP contribution in [-0.2, 0) is 11.3 Å². The van der Waals surface area contributed by atoms with Crippen LogP contribution in [0.3, 0.4) is 0 Å². The van der Waals surface area contributed by atoms with Crippen molar-refractivity contribution < 1.29 is 9.53 Å². The minimum Gasteiger partial charge on any atom is -0.464 e. The topological polar surface area (TPSA) is 57.0 Å². The van der Waals surface area contributed by atoms with Gasteiger partial charge in [0.1, 0.15) is 0 Å². The van der Waals surface area contributed by atoms with Gasteiger partial charge in [-0.3, -0.25) is 0 Å². The molecule has 1 aromatic heterocycles. The third-order valence-electron chi connectivity index (χ3n) is 3.19. The summed E-state index contributed by atoms with van der Waals surface area (Å²) in [4.78, 5) is 11.6. The van der Waals surface area contributed by atoms with Crippen LogP contribution in [-0.4, -0.2) is 28.1 Å². The summed E-state index contributed by atoms with van der Waals surface area (Å²) < 4.78 is 6.56. The smallest absolute Gasteiger partial charge is 0.360 e. The van der Waals surface area contributed by atoms with Crippen molar-refractivity contribution in [2.45, 2.75) is 45.1 Å². The monoisotopic (exact) mass is 223 g/mol. The lowest BCUT2D eigenvalue weighted by Crippen LogP contribution is -2.11. The van der Waals surface area contributed by atoms with Crippen LogP contribution in [0.15, 0.2) is 0 Å². The number of ether oxygens (including phenoxy) is 1. The van der Waals surface area contributed by atoms with Crippen molar-refractivity contribution in [1.29, 1.82) is 0 Å². The molecule has 5 heteroatoms. The molecule has 5 nitrogen and oxygen atoms in total. The van der Waals surface area contributed by atoms with E-state index < -0.39 is 0 Å². The molecule has 0 aliphatic heterocycles. The van der Waals surface area contributed by atoms with Gasteiger partial charge in [-0.25, -0.2) is 9.48 Å². The second kappa shape index (κ2) is 4.63. The maximum atomic E-state index is 11.6. The fraction of sp³-hybridized carbons (Fsp3) is 0.727. The first-order valence-electron chi connectivity index (χ1n) is 5.79. The molecule has 0 unspecified atom stereocenters. The van der Waals surface area contributed by atoms with E-state index in [1.807, 2.05) is 11.6 Å². The summed E-state index contributed by atoms with van der Waals surface area (Å²) in [7, 11) is 1.38. The minimum absolute atomic E-state index is 0.374. The largest absolute Gasteiger partial charge is 0.464 e. The minimum atomic E-state index is -0.374. The van der Waals surface area contributed by atoms with E-state index in [4.69, 9.17) is 4.74 Å². The summed E-state index contributed by atoms with van der Waals surface area (Å²) in [5.74, 6) is 0.0469. The normalized spacial score (nSPS) is 16.6. The molecular formula is C11H17N3O2. The molecule has 0 saturated heterocycles. The molecule has 0 amide bonds. The number of rotatable bonds is 3. The van der Waals surface area contributed by atoms with Crippen LogP contribution < -0.4 is 0 Å². The molecule has 1 fully saturated rings. The average Bonchev–Trinajstić information content (AvgIpc) is 2.95. The summed E-state index contributed by atoms with van der Waals surface area (Å²) in [6, 6.07) is 0. The molecule has 16 heavy (non-hydrogen) atoms. The Morgan fingerprint density at radius 1 is 1.50 bits per heavy atom. The zero-order chi connectivity index (χ0) is 11.5. The summed E-state index contributed by atoms with van der Waals surface area (Å²) in [5, 5.41) is 7.95. The van der Waals surface area contributed by atoms with E-state index in [1.54, 1.807) is 0 Å². The van der Waals surface area contributed by atoms with E-state index in [2.05, 4.69) is 10.3 Å². The summed E-state index contributed by atoms with van der Waals surface area (Å²) in [6.07, 6.45) is 4.69. The van der Waals surface area contributed by atoms with Gasteiger partial charge in [0.2, 0.25) is 0 Å². The first-order valence-corrected chi connectivity index (χ1v) is 5.79. The van der Waals surface area contributed by atoms with Gasteiger partial charge in [-0.05, 0) is 19.8 Å². The Morgan fingerprint density at radius 2 is 2.19 bits per heavy atom. The molecule has 0 spiro atoms. The van der Waals surface area contributed by atoms with Crippen molar-refractivity contribution in [3.8, 4) is 0 Å². The average molecular weight is 223 g/mol. The number of aryl methyl sites for hydroxylation is 1. The molecular weight excluding hydrogens is 206 g/mol. The molecule has 88 valence electrons. The van der Waals surface area contributed by atoms with Gasteiger partial charge >= 0.3 is 5.97 Å². The van der Waals surface area contributed by atoms with Crippen molar-refractivity contribution >= 4 is 5.97 Å². The van der Waals surface area contributed by atoms with Crippen LogP contribution >= 0.6 is 0 Å². The van der Waals surface area contributed by atoms with Gasteiger partial charge < -0.3 is 4.74 Å². The van der Waals surface area contributed by atoms with E-state index in [-0.39, 0.29) is 5.97 Å². The van der Waals surface area contributed by atoms with Crippen molar-refractivity contribution in [3.05, 3.63) is 11.4 Å². The first kappa shape index (κ1) is 11.1. The van der Waals surface area contributed by atoms with Gasteiger partial charge in [0.15, 0.2) is 5.69 Å². The molecule has 0 aromatic carbocycles. The summed E-state index contributed by atoms with van der Waals surface area (Å²) >= 11 is 0. The van der Waals surface area contributed by atoms with Crippen molar-refractivity contribution in [2.75, 3.05) is 7.11 Å². The highest BCUT2D eigenvalue weighted by atomic mass is 16.5. The number of carbonyl (C=O) groups is 1. The van der Waals surface area contributed by atoms with E-state index >= 15 is 0 Å². The predicted molar refractivity (Wildman–Crippen MR) is 58.2 cm³/mol. The molecule has 1 aliphatic rings. The zero-order valence-corrected chi connectivity index (χ0v) is 9.77. The number of esters is 1. The lowest BCUT2D eigenvalue weighted by molar-refractivity contribution is 0.0592. The van der Waals surface area contributed by atoms with Gasteiger partial charge in [0.25, 0.3) is 0 Å². The predicted octanol–water partition coefficient (Wildman–Crippen LogP) is 1.74. The van der Waals surface area contributed by atoms with Crippen LogP contribution in [0.4, 0.5) is 0 Å². The number of carbonyl (C=O) groups excluding carboxylic acids is 1. The number of aromatic nitrogens is 3. The number of hydrogen-bond donors (Lipinski definition) is 0. The van der Waals surface area contributed by atoms with Crippen LogP contribution in [0, 0.1) is 0 Å². The number of methoxy groups -OCH3 is 1. The Hall–Kier alpha value is -1.39. The van der Waals surface area contributed by atoms with Crippen LogP contribution in [0.2, 0.25) is 0 Å². The molecule has 0 radical (unpaired) electrons. The SMILES string of the molecule is CCn1nnc(C(=O)OC)c1C1CCCC1. The maximum absolute atomic E-state index is 11.6. The quantitative estimate of drug-likeness (QED) is 0.732. The Balaban J connectivity index is 2.37. The molecule has 1 heterocycles. The Labute approximate surface area is 94.8 Å². The fourth-order valence-corrected chi connectivity index (χ4v) is 2.40. The second-order valence-corrected chi connectivity index (χ2v) is 4.11. The summed E-state index contributed by atoms with van der Waals surface area (Å²) in [6.45, 7) is 2.75. The van der Waals surface area contributed by atoms with E-state index in [0.29, 0.717) is 11.6 Å². The Morgan fingerprint density at radius 3 is 2.75 bits per heavy atom. The highest BCUT2D eigenvalue weighted by molar-refractivity contribution is 5.88. The van der Waals surface area contributed by atoms with Crippen molar-refractivity contribution in [3.63, 3.8) is 0 Å². The van der Waals surface area contributed by atoms with Gasteiger partial charge in [-0.1, -0.05) is 18.1 Å². The molecule has 0 atom stereocenters. The fourth-order valence-electron chi connectivity index (χ4n) is 2.40. The number of hydrogen-bond acceptors (Lipinski definition) is 4. The lowest BCUT2D eigenvalue weighted by atomic mass is 10.0. The van der Waals surface area contributed by atoms with Gasteiger partial charge in [-0.15, -0.1) is 5.10 Å². The standard InChI is InChI=1S/C11H17N3O2/c1-3-14-10(8-6-4-5-7-8)9(12-13-14)11(15)16-2/h8H,3-7H2,1-2H3. The molecule has 1 aliphatic carbocycles. The first-order chi connectivity index (χ1) is 7.77. The molecule has 2 rings (SSSR count). The van der Waals surface area contributed by atoms with Crippen molar-refractivity contribution in [1.82, 2.24) is 15.0 Å². The third kappa shape index (κ3) is 1.81. The lowest BCUT2D eigenvalue weighted by Gasteiger charge is -2.11. The van der Waals surface area contributed by atoms with Gasteiger partial charge in [0.05, 0.1) is 12.8 Å². The number of nitrogens with zero attached hydrogens (tertiary/aromatic N) is 3. The highest BCUT2D eigenvalue weighted by Crippen LogP contribution is 2.35. The van der Waals surface area contributed by atoms with Gasteiger partial charge in [0, 0.05) is 12.5 Å². The van der Waals surface area contributed by atoms with E-state index in [9.17, 15) is 4.79 Å². The summed E-state index contributed by atoms with van der Waals surface area (Å²) in [5.41, 5.74) is 1.36. The van der Waals surface area contributed by atoms with Crippen LogP contribution in [0.25, 0.3) is 0 Å². The molecule has 0 N–H and O–H groups in total. The van der Waals surface area contributed by atoms with Gasteiger partial charge in [-0.2, -0.15) is 0 Å². The van der Waals surface area contributed by atoms with Crippen LogP contribution in [0.5, 0.6) is 0 Å². The highest BCUT2D eigenvalue weighted by Gasteiger charge is 2.28. The molecule has 1 aromatic rings. The molecule has 1 saturated carbocycles. The van der Waals surface area contributed by atoms with E-state index in [0.717, 1.165) is 25.1 Å². The second-order valence-electron chi connectivity index (χ2n) is 4.11. The molecule has 0 bridgehead atoms. The van der Waals surface area contributed by atoms with Crippen LogP contribution in [0.1, 0.15) is 54.7 Å². The Bertz CT molecular complexity index is 381. The van der Waals surface area contributed by atoms with E-state index in [1.165, 1.54) is 20.0 Å². The van der Waals surface area contributed by atoms with Crippen molar-refractivity contribution in [2.24, 2.45) is 0 Å². The zero-order valence-electron chi connectivity index (χ0n) is 9.77. The maximum Gasteiger partial charge on any atom is 0.360 e. The Kier molecular flexibility index (Phi) is 3.22.